The third-order valence-electron chi connectivity index (χ3n) is 6.58. The zero-order valence-electron chi connectivity index (χ0n) is 22.9. The summed E-state index contributed by atoms with van der Waals surface area (Å²) >= 11 is 0. The van der Waals surface area contributed by atoms with Crippen molar-refractivity contribution in [1.29, 1.82) is 0 Å². The first-order valence-electron chi connectivity index (χ1n) is 13.1. The lowest BCUT2D eigenvalue weighted by Crippen LogP contribution is -2.44. The number of rotatable bonds is 2. The van der Waals surface area contributed by atoms with E-state index in [4.69, 9.17) is 9.47 Å². The first kappa shape index (κ1) is 29.2. The maximum absolute atomic E-state index is 11.3. The molecule has 1 saturated heterocycles. The molecule has 0 radical (unpaired) electrons. The van der Waals surface area contributed by atoms with E-state index in [2.05, 4.69) is 56.8 Å². The number of carbonyl (C=O) groups excluding carboxylic acids is 3. The van der Waals surface area contributed by atoms with Crippen LogP contribution in [0.5, 0.6) is 0 Å². The molecule has 0 N–H and O–H groups in total. The molecule has 2 saturated carbocycles. The van der Waals surface area contributed by atoms with Crippen LogP contribution >= 0.6 is 0 Å². The SMILES string of the molecule is COC(=O)c1ccc(C#CC#CC2CC(=O)C2)cc1.COC(=O)c1ccc(C#CC#CC2CC3(C2)OCCO3)cc1. The van der Waals surface area contributed by atoms with E-state index >= 15 is 0 Å². The molecule has 5 rings (SSSR count). The monoisotopic (exact) mass is 548 g/mol. The van der Waals surface area contributed by atoms with Gasteiger partial charge in [-0.3, -0.25) is 4.79 Å². The highest BCUT2D eigenvalue weighted by Gasteiger charge is 2.48. The van der Waals surface area contributed by atoms with E-state index in [-0.39, 0.29) is 29.4 Å². The minimum atomic E-state index is -0.367. The number of hydrogen-bond donors (Lipinski definition) is 0. The van der Waals surface area contributed by atoms with Crippen molar-refractivity contribution in [3.8, 4) is 47.4 Å². The van der Waals surface area contributed by atoms with E-state index in [0.29, 0.717) is 43.1 Å². The third kappa shape index (κ3) is 8.35. The predicted molar refractivity (Wildman–Crippen MR) is 150 cm³/mol. The molecule has 2 aromatic rings. The van der Waals surface area contributed by atoms with Crippen molar-refractivity contribution in [3.63, 3.8) is 0 Å². The molecule has 3 aliphatic rings. The number of methoxy groups -OCH3 is 2. The molecule has 0 bridgehead atoms. The van der Waals surface area contributed by atoms with E-state index in [9.17, 15) is 14.4 Å². The lowest BCUT2D eigenvalue weighted by molar-refractivity contribution is -0.220. The molecule has 3 fully saturated rings. The fourth-order valence-corrected chi connectivity index (χ4v) is 4.22. The maximum atomic E-state index is 11.3. The Balaban J connectivity index is 0.000000191. The van der Waals surface area contributed by atoms with Gasteiger partial charge >= 0.3 is 11.9 Å². The Kier molecular flexibility index (Phi) is 9.99. The van der Waals surface area contributed by atoms with Gasteiger partial charge in [0, 0.05) is 48.6 Å². The third-order valence-corrected chi connectivity index (χ3v) is 6.58. The number of esters is 2. The van der Waals surface area contributed by atoms with Gasteiger partial charge in [-0.05, 0) is 72.2 Å². The van der Waals surface area contributed by atoms with Crippen LogP contribution in [0.2, 0.25) is 0 Å². The Morgan fingerprint density at radius 1 is 0.707 bits per heavy atom. The molecule has 41 heavy (non-hydrogen) atoms. The predicted octanol–water partition coefficient (Wildman–Crippen LogP) is 3.79. The van der Waals surface area contributed by atoms with Gasteiger partial charge in [-0.15, -0.1) is 0 Å². The van der Waals surface area contributed by atoms with Crippen molar-refractivity contribution >= 4 is 17.7 Å². The normalized spacial score (nSPS) is 16.2. The molecule has 0 aromatic heterocycles. The van der Waals surface area contributed by atoms with Crippen molar-refractivity contribution in [3.05, 3.63) is 70.8 Å². The summed E-state index contributed by atoms with van der Waals surface area (Å²) in [4.78, 5) is 33.3. The summed E-state index contributed by atoms with van der Waals surface area (Å²) in [6.07, 6.45) is 2.77. The topological polar surface area (TPSA) is 88.1 Å². The summed E-state index contributed by atoms with van der Waals surface area (Å²) < 4.78 is 20.4. The van der Waals surface area contributed by atoms with E-state index in [1.54, 1.807) is 48.5 Å². The van der Waals surface area contributed by atoms with Crippen LogP contribution in [-0.4, -0.2) is 50.9 Å². The highest BCUT2D eigenvalue weighted by molar-refractivity contribution is 5.90. The van der Waals surface area contributed by atoms with Gasteiger partial charge in [-0.1, -0.05) is 23.7 Å². The van der Waals surface area contributed by atoms with E-state index in [1.807, 2.05) is 0 Å². The Labute approximate surface area is 239 Å². The molecule has 7 nitrogen and oxygen atoms in total. The first-order valence-corrected chi connectivity index (χ1v) is 13.1. The number of carbonyl (C=O) groups is 3. The van der Waals surface area contributed by atoms with E-state index in [1.165, 1.54) is 14.2 Å². The zero-order chi connectivity index (χ0) is 29.1. The fraction of sp³-hybridized carbons (Fsp3) is 0.324. The molecule has 206 valence electrons. The van der Waals surface area contributed by atoms with Crippen LogP contribution in [0.1, 0.15) is 57.5 Å². The molecule has 1 spiro atoms. The number of hydrogen-bond acceptors (Lipinski definition) is 7. The number of Topliss-reactive ketones (excluding diaryl/α,β-unsaturated/α-hetero) is 1. The summed E-state index contributed by atoms with van der Waals surface area (Å²) in [5.41, 5.74) is 2.60. The lowest BCUT2D eigenvalue weighted by atomic mass is 9.79. The van der Waals surface area contributed by atoms with Crippen molar-refractivity contribution in [2.24, 2.45) is 11.8 Å². The number of ketones is 1. The fourth-order valence-electron chi connectivity index (χ4n) is 4.22. The Morgan fingerprint density at radius 2 is 1.15 bits per heavy atom. The Morgan fingerprint density at radius 3 is 1.56 bits per heavy atom. The summed E-state index contributed by atoms with van der Waals surface area (Å²) in [5, 5.41) is 0. The molecule has 2 aliphatic carbocycles. The lowest BCUT2D eigenvalue weighted by Gasteiger charge is -2.40. The molecule has 0 atom stereocenters. The van der Waals surface area contributed by atoms with Gasteiger partial charge in [0.25, 0.3) is 0 Å². The van der Waals surface area contributed by atoms with Gasteiger partial charge in [-0.2, -0.15) is 0 Å². The smallest absolute Gasteiger partial charge is 0.337 e. The van der Waals surface area contributed by atoms with Crippen LogP contribution in [0.15, 0.2) is 48.5 Å². The zero-order valence-corrected chi connectivity index (χ0v) is 22.9. The van der Waals surface area contributed by atoms with Gasteiger partial charge in [0.2, 0.25) is 0 Å². The Hall–Kier alpha value is -4.79. The van der Waals surface area contributed by atoms with Crippen molar-refractivity contribution in [2.75, 3.05) is 27.4 Å². The first-order chi connectivity index (χ1) is 19.9. The average Bonchev–Trinajstić information content (AvgIpc) is 3.46. The summed E-state index contributed by atoms with van der Waals surface area (Å²) in [5.74, 6) is 22.8. The molecule has 7 heteroatoms. The molecular formula is C34H28O7. The molecule has 0 unspecified atom stereocenters. The van der Waals surface area contributed by atoms with Gasteiger partial charge in [0.15, 0.2) is 5.79 Å². The van der Waals surface area contributed by atoms with Crippen LogP contribution in [0.25, 0.3) is 0 Å². The van der Waals surface area contributed by atoms with Crippen LogP contribution in [-0.2, 0) is 23.7 Å². The highest BCUT2D eigenvalue weighted by atomic mass is 16.7. The summed E-state index contributed by atoms with van der Waals surface area (Å²) in [6, 6.07) is 13.7. The average molecular weight is 549 g/mol. The van der Waals surface area contributed by atoms with Crippen LogP contribution in [0, 0.1) is 59.2 Å². The molecule has 2 aromatic carbocycles. The van der Waals surface area contributed by atoms with E-state index in [0.717, 1.165) is 24.0 Å². The number of benzene rings is 2. The van der Waals surface area contributed by atoms with Crippen molar-refractivity contribution < 1.29 is 33.3 Å². The molecule has 1 aliphatic heterocycles. The van der Waals surface area contributed by atoms with E-state index < -0.39 is 0 Å². The quantitative estimate of drug-likeness (QED) is 0.417. The standard InChI is InChI=1S/C18H16O4.C16H12O3/c1-20-17(19)16-8-6-14(7-9-16)4-2-3-5-15-12-18(13-15)21-10-11-22-18;1-19-16(18)14-8-6-12(7-9-14)4-2-3-5-13-10-15(17)11-13/h6-9,15H,10-13H2,1H3;6-9,13H,10-11H2,1H3. The van der Waals surface area contributed by atoms with Gasteiger partial charge < -0.3 is 18.9 Å². The van der Waals surface area contributed by atoms with Gasteiger partial charge in [0.05, 0.1) is 38.6 Å². The maximum Gasteiger partial charge on any atom is 0.337 e. The number of ether oxygens (including phenoxy) is 4. The van der Waals surface area contributed by atoms with Crippen molar-refractivity contribution in [2.45, 2.75) is 31.5 Å². The second kappa shape index (κ2) is 14.0. The minimum Gasteiger partial charge on any atom is -0.465 e. The second-order valence-electron chi connectivity index (χ2n) is 9.53. The minimum absolute atomic E-state index is 0.184. The molecule has 0 amide bonds. The summed E-state index contributed by atoms with van der Waals surface area (Å²) in [7, 11) is 2.70. The van der Waals surface area contributed by atoms with Crippen LogP contribution in [0.3, 0.4) is 0 Å². The van der Waals surface area contributed by atoms with Gasteiger partial charge in [-0.25, -0.2) is 9.59 Å². The van der Waals surface area contributed by atoms with Crippen LogP contribution in [0.4, 0.5) is 0 Å². The summed E-state index contributed by atoms with van der Waals surface area (Å²) in [6.45, 7) is 1.36. The highest BCUT2D eigenvalue weighted by Crippen LogP contribution is 2.43. The largest absolute Gasteiger partial charge is 0.465 e. The Bertz CT molecular complexity index is 1520. The van der Waals surface area contributed by atoms with Crippen molar-refractivity contribution in [1.82, 2.24) is 0 Å². The molecular weight excluding hydrogens is 520 g/mol. The van der Waals surface area contributed by atoms with Gasteiger partial charge in [0.1, 0.15) is 5.78 Å². The molecule has 1 heterocycles. The second-order valence-corrected chi connectivity index (χ2v) is 9.53. The van der Waals surface area contributed by atoms with Crippen LogP contribution < -0.4 is 0 Å².